The molecule has 1 aromatic carbocycles. The molecule has 17 heavy (non-hydrogen) atoms. The molecular weight excluding hydrogens is 236 g/mol. The molecule has 0 spiro atoms. The van der Waals surface area contributed by atoms with Crippen LogP contribution in [0.3, 0.4) is 0 Å². The Morgan fingerprint density at radius 1 is 1.53 bits per heavy atom. The smallest absolute Gasteiger partial charge is 0.365 e. The van der Waals surface area contributed by atoms with Crippen molar-refractivity contribution in [2.75, 3.05) is 5.32 Å². The lowest BCUT2D eigenvalue weighted by molar-refractivity contribution is 0.0696. The maximum absolute atomic E-state index is 10.7. The Morgan fingerprint density at radius 3 is 3.00 bits per heavy atom. The van der Waals surface area contributed by atoms with Crippen LogP contribution >= 0.6 is 11.3 Å². The van der Waals surface area contributed by atoms with Crippen LogP contribution in [0.15, 0.2) is 29.6 Å². The SMILES string of the molecule is Cc1cccc(NCc2csc(C(=O)O)n2)c1. The van der Waals surface area contributed by atoms with Gasteiger partial charge in [0.25, 0.3) is 0 Å². The summed E-state index contributed by atoms with van der Waals surface area (Å²) < 4.78 is 0. The van der Waals surface area contributed by atoms with Gasteiger partial charge in [0.05, 0.1) is 12.2 Å². The first-order valence-corrected chi connectivity index (χ1v) is 6.01. The van der Waals surface area contributed by atoms with Gasteiger partial charge in [-0.25, -0.2) is 9.78 Å². The van der Waals surface area contributed by atoms with E-state index in [9.17, 15) is 4.79 Å². The molecule has 1 aromatic heterocycles. The number of carboxylic acid groups (broad SMARTS) is 1. The predicted molar refractivity (Wildman–Crippen MR) is 67.6 cm³/mol. The van der Waals surface area contributed by atoms with Crippen molar-refractivity contribution in [2.45, 2.75) is 13.5 Å². The first kappa shape index (κ1) is 11.6. The number of hydrogen-bond donors (Lipinski definition) is 2. The summed E-state index contributed by atoms with van der Waals surface area (Å²) in [6, 6.07) is 8.00. The number of aromatic nitrogens is 1. The number of carbonyl (C=O) groups is 1. The molecule has 0 unspecified atom stereocenters. The highest BCUT2D eigenvalue weighted by Crippen LogP contribution is 2.13. The molecule has 0 saturated heterocycles. The van der Waals surface area contributed by atoms with Crippen LogP contribution in [0.2, 0.25) is 0 Å². The molecule has 88 valence electrons. The van der Waals surface area contributed by atoms with E-state index in [1.807, 2.05) is 31.2 Å². The predicted octanol–water partition coefficient (Wildman–Crippen LogP) is 2.76. The zero-order valence-corrected chi connectivity index (χ0v) is 10.1. The first-order chi connectivity index (χ1) is 8.15. The average Bonchev–Trinajstić information content (AvgIpc) is 2.75. The molecule has 0 aliphatic heterocycles. The van der Waals surface area contributed by atoms with Crippen molar-refractivity contribution in [1.29, 1.82) is 0 Å². The number of rotatable bonds is 4. The molecule has 0 saturated carbocycles. The van der Waals surface area contributed by atoms with E-state index in [0.717, 1.165) is 22.7 Å². The van der Waals surface area contributed by atoms with Crippen LogP contribution in [0.5, 0.6) is 0 Å². The van der Waals surface area contributed by atoms with Crippen LogP contribution in [0, 0.1) is 6.92 Å². The fraction of sp³-hybridized carbons (Fsp3) is 0.167. The second-order valence-corrected chi connectivity index (χ2v) is 4.53. The van der Waals surface area contributed by atoms with E-state index >= 15 is 0 Å². The van der Waals surface area contributed by atoms with Crippen LogP contribution < -0.4 is 5.32 Å². The lowest BCUT2D eigenvalue weighted by Crippen LogP contribution is -2.01. The Hall–Kier alpha value is -1.88. The Morgan fingerprint density at radius 2 is 2.35 bits per heavy atom. The van der Waals surface area contributed by atoms with Crippen molar-refractivity contribution < 1.29 is 9.90 Å². The van der Waals surface area contributed by atoms with E-state index in [1.165, 1.54) is 5.56 Å². The summed E-state index contributed by atoms with van der Waals surface area (Å²) in [7, 11) is 0. The van der Waals surface area contributed by atoms with E-state index in [0.29, 0.717) is 6.54 Å². The second-order valence-electron chi connectivity index (χ2n) is 3.67. The molecule has 5 heteroatoms. The van der Waals surface area contributed by atoms with E-state index in [4.69, 9.17) is 5.11 Å². The molecule has 1 heterocycles. The van der Waals surface area contributed by atoms with Crippen molar-refractivity contribution in [1.82, 2.24) is 4.98 Å². The molecule has 0 bridgehead atoms. The van der Waals surface area contributed by atoms with Gasteiger partial charge in [0.2, 0.25) is 5.01 Å². The third-order valence-corrected chi connectivity index (χ3v) is 3.11. The summed E-state index contributed by atoms with van der Waals surface area (Å²) in [5.74, 6) is -0.975. The van der Waals surface area contributed by atoms with Crippen LogP contribution in [-0.4, -0.2) is 16.1 Å². The van der Waals surface area contributed by atoms with Crippen molar-refractivity contribution in [3.8, 4) is 0 Å². The summed E-state index contributed by atoms with van der Waals surface area (Å²) >= 11 is 1.15. The van der Waals surface area contributed by atoms with Gasteiger partial charge in [0.1, 0.15) is 0 Å². The van der Waals surface area contributed by atoms with E-state index in [1.54, 1.807) is 5.38 Å². The number of hydrogen-bond acceptors (Lipinski definition) is 4. The largest absolute Gasteiger partial charge is 0.476 e. The second kappa shape index (κ2) is 4.97. The summed E-state index contributed by atoms with van der Waals surface area (Å²) in [5.41, 5.74) is 2.93. The van der Waals surface area contributed by atoms with Gasteiger partial charge in [-0.05, 0) is 24.6 Å². The van der Waals surface area contributed by atoms with Crippen molar-refractivity contribution in [3.63, 3.8) is 0 Å². The fourth-order valence-electron chi connectivity index (χ4n) is 1.43. The summed E-state index contributed by atoms with van der Waals surface area (Å²) in [4.78, 5) is 14.7. The molecule has 0 aliphatic rings. The first-order valence-electron chi connectivity index (χ1n) is 5.13. The lowest BCUT2D eigenvalue weighted by atomic mass is 10.2. The molecule has 0 aliphatic carbocycles. The highest BCUT2D eigenvalue weighted by atomic mass is 32.1. The molecule has 0 fully saturated rings. The van der Waals surface area contributed by atoms with Gasteiger partial charge in [-0.2, -0.15) is 0 Å². The third-order valence-electron chi connectivity index (χ3n) is 2.23. The zero-order valence-electron chi connectivity index (χ0n) is 9.30. The number of nitrogens with zero attached hydrogens (tertiary/aromatic N) is 1. The highest BCUT2D eigenvalue weighted by Gasteiger charge is 2.08. The Bertz CT molecular complexity index is 537. The van der Waals surface area contributed by atoms with E-state index in [2.05, 4.69) is 10.3 Å². The number of nitrogens with one attached hydrogen (secondary N) is 1. The van der Waals surface area contributed by atoms with Gasteiger partial charge in [-0.15, -0.1) is 11.3 Å². The van der Waals surface area contributed by atoms with Crippen molar-refractivity contribution in [2.24, 2.45) is 0 Å². The molecular formula is C12H12N2O2S. The Balaban J connectivity index is 2.00. The van der Waals surface area contributed by atoms with Gasteiger partial charge in [-0.3, -0.25) is 0 Å². The van der Waals surface area contributed by atoms with Gasteiger partial charge < -0.3 is 10.4 Å². The standard InChI is InChI=1S/C12H12N2O2S/c1-8-3-2-4-9(5-8)13-6-10-7-17-11(14-10)12(15)16/h2-5,7,13H,6H2,1H3,(H,15,16). The summed E-state index contributed by atoms with van der Waals surface area (Å²) in [5, 5.41) is 13.8. The number of benzene rings is 1. The monoisotopic (exact) mass is 248 g/mol. The minimum absolute atomic E-state index is 0.131. The topological polar surface area (TPSA) is 62.2 Å². The minimum Gasteiger partial charge on any atom is -0.476 e. The molecule has 0 atom stereocenters. The minimum atomic E-state index is -0.975. The van der Waals surface area contributed by atoms with Gasteiger partial charge in [-0.1, -0.05) is 12.1 Å². The van der Waals surface area contributed by atoms with Crippen molar-refractivity contribution in [3.05, 3.63) is 45.9 Å². The number of carboxylic acids is 1. The maximum Gasteiger partial charge on any atom is 0.365 e. The number of aryl methyl sites for hydroxylation is 1. The third kappa shape index (κ3) is 3.04. The Kier molecular flexibility index (Phi) is 3.39. The Labute approximate surface area is 103 Å². The van der Waals surface area contributed by atoms with Crippen LogP contribution in [0.4, 0.5) is 5.69 Å². The normalized spacial score (nSPS) is 10.2. The molecule has 0 amide bonds. The van der Waals surface area contributed by atoms with Gasteiger partial charge in [0, 0.05) is 11.1 Å². The fourth-order valence-corrected chi connectivity index (χ4v) is 2.09. The van der Waals surface area contributed by atoms with Gasteiger partial charge >= 0.3 is 5.97 Å². The summed E-state index contributed by atoms with van der Waals surface area (Å²) in [6.07, 6.45) is 0. The number of anilines is 1. The molecule has 0 radical (unpaired) electrons. The average molecular weight is 248 g/mol. The van der Waals surface area contributed by atoms with Gasteiger partial charge in [0.15, 0.2) is 0 Å². The molecule has 4 nitrogen and oxygen atoms in total. The van der Waals surface area contributed by atoms with Crippen molar-refractivity contribution >= 4 is 23.0 Å². The number of aromatic carboxylic acids is 1. The summed E-state index contributed by atoms with van der Waals surface area (Å²) in [6.45, 7) is 2.56. The number of thiazole rings is 1. The molecule has 2 rings (SSSR count). The zero-order chi connectivity index (χ0) is 12.3. The quantitative estimate of drug-likeness (QED) is 0.873. The molecule has 2 N–H and O–H groups in total. The van der Waals surface area contributed by atoms with Crippen LogP contribution in [0.25, 0.3) is 0 Å². The maximum atomic E-state index is 10.7. The van der Waals surface area contributed by atoms with E-state index in [-0.39, 0.29) is 5.01 Å². The highest BCUT2D eigenvalue weighted by molar-refractivity contribution is 7.11. The van der Waals surface area contributed by atoms with E-state index < -0.39 is 5.97 Å². The van der Waals surface area contributed by atoms with Crippen LogP contribution in [0.1, 0.15) is 21.1 Å². The van der Waals surface area contributed by atoms with Crippen LogP contribution in [-0.2, 0) is 6.54 Å². The lowest BCUT2D eigenvalue weighted by Gasteiger charge is -2.04. The molecule has 2 aromatic rings.